The number of cyclic esters (lactones) is 3. The van der Waals surface area contributed by atoms with Gasteiger partial charge < -0.3 is 18.9 Å². The van der Waals surface area contributed by atoms with E-state index in [1.54, 1.807) is 6.92 Å². The molecular formula is C39H56O9. The summed E-state index contributed by atoms with van der Waals surface area (Å²) >= 11 is 0. The van der Waals surface area contributed by atoms with Crippen LogP contribution in [0.25, 0.3) is 0 Å². The van der Waals surface area contributed by atoms with E-state index in [1.807, 2.05) is 34.6 Å². The number of hydrogen-bond donors (Lipinski definition) is 0. The van der Waals surface area contributed by atoms with Gasteiger partial charge in [-0.15, -0.1) is 0 Å². The molecular weight excluding hydrogens is 612 g/mol. The van der Waals surface area contributed by atoms with Crippen molar-refractivity contribution in [3.8, 4) is 0 Å². The second kappa shape index (κ2) is 10.8. The van der Waals surface area contributed by atoms with Crippen molar-refractivity contribution in [2.75, 3.05) is 6.61 Å². The van der Waals surface area contributed by atoms with E-state index in [2.05, 4.69) is 20.8 Å². The second-order valence-corrected chi connectivity index (χ2v) is 19.7. The normalized spacial score (nSPS) is 43.6. The van der Waals surface area contributed by atoms with E-state index in [4.69, 9.17) is 18.9 Å². The maximum atomic E-state index is 14.9. The van der Waals surface area contributed by atoms with Crippen LogP contribution in [0, 0.1) is 81.3 Å². The summed E-state index contributed by atoms with van der Waals surface area (Å²) in [5.74, 6) is -1.98. The zero-order valence-corrected chi connectivity index (χ0v) is 30.4. The summed E-state index contributed by atoms with van der Waals surface area (Å²) in [4.78, 5) is 67.2. The molecule has 11 unspecified atom stereocenters. The van der Waals surface area contributed by atoms with Gasteiger partial charge in [0.05, 0.1) is 35.7 Å². The number of esters is 5. The van der Waals surface area contributed by atoms with Gasteiger partial charge in [0.25, 0.3) is 0 Å². The van der Waals surface area contributed by atoms with Crippen LogP contribution in [0.5, 0.6) is 0 Å². The predicted molar refractivity (Wildman–Crippen MR) is 173 cm³/mol. The molecule has 0 radical (unpaired) electrons. The van der Waals surface area contributed by atoms with Gasteiger partial charge in [-0.1, -0.05) is 41.5 Å². The first-order chi connectivity index (χ1) is 22.2. The molecule has 2 heterocycles. The number of hydrogen-bond acceptors (Lipinski definition) is 9. The fourth-order valence-corrected chi connectivity index (χ4v) is 13.3. The van der Waals surface area contributed by atoms with Crippen LogP contribution in [0.1, 0.15) is 114 Å². The fourth-order valence-electron chi connectivity index (χ4n) is 13.3. The molecule has 6 aliphatic carbocycles. The third-order valence-electron chi connectivity index (χ3n) is 14.5. The molecule has 9 nitrogen and oxygen atoms in total. The van der Waals surface area contributed by atoms with E-state index in [0.29, 0.717) is 25.4 Å². The molecule has 11 atom stereocenters. The van der Waals surface area contributed by atoms with Crippen LogP contribution < -0.4 is 0 Å². The molecule has 8 fully saturated rings. The highest BCUT2D eigenvalue weighted by molar-refractivity contribution is 5.97. The van der Waals surface area contributed by atoms with Crippen molar-refractivity contribution in [3.63, 3.8) is 0 Å². The lowest BCUT2D eigenvalue weighted by molar-refractivity contribution is -0.222. The number of rotatable bonds is 8. The van der Waals surface area contributed by atoms with Crippen LogP contribution in [-0.2, 0) is 42.9 Å². The Morgan fingerprint density at radius 1 is 0.854 bits per heavy atom. The number of fused-ring (bicyclic) bond motifs is 5. The maximum absolute atomic E-state index is 14.9. The topological polar surface area (TPSA) is 122 Å². The molecule has 6 bridgehead atoms. The zero-order chi connectivity index (χ0) is 34.9. The first kappa shape index (κ1) is 34.0. The quantitative estimate of drug-likeness (QED) is 0.167. The monoisotopic (exact) mass is 668 g/mol. The first-order valence-corrected chi connectivity index (χ1v) is 18.6. The van der Waals surface area contributed by atoms with E-state index in [9.17, 15) is 24.0 Å². The molecule has 8 rings (SSSR count). The van der Waals surface area contributed by atoms with Gasteiger partial charge in [0.15, 0.2) is 0 Å². The molecule has 0 aromatic carbocycles. The lowest BCUT2D eigenvalue weighted by Gasteiger charge is -2.60. The molecule has 2 saturated heterocycles. The largest absolute Gasteiger partial charge is 0.465 e. The van der Waals surface area contributed by atoms with Crippen LogP contribution in [0.2, 0.25) is 0 Å². The summed E-state index contributed by atoms with van der Waals surface area (Å²) < 4.78 is 23.4. The van der Waals surface area contributed by atoms with Crippen molar-refractivity contribution < 1.29 is 42.9 Å². The zero-order valence-electron chi connectivity index (χ0n) is 30.4. The smallest absolute Gasteiger partial charge is 0.318 e. The number of carbonyl (C=O) groups is 5. The van der Waals surface area contributed by atoms with E-state index in [-0.39, 0.29) is 64.7 Å². The van der Waals surface area contributed by atoms with Crippen molar-refractivity contribution in [2.24, 2.45) is 81.3 Å². The first-order valence-electron chi connectivity index (χ1n) is 18.6. The van der Waals surface area contributed by atoms with Crippen LogP contribution in [0.4, 0.5) is 0 Å². The minimum absolute atomic E-state index is 0.0252. The summed E-state index contributed by atoms with van der Waals surface area (Å²) in [6.07, 6.45) is 5.97. The van der Waals surface area contributed by atoms with E-state index in [0.717, 1.165) is 38.5 Å². The molecule has 0 aromatic heterocycles. The predicted octanol–water partition coefficient (Wildman–Crippen LogP) is 6.30. The average molecular weight is 669 g/mol. The van der Waals surface area contributed by atoms with Crippen LogP contribution in [0.15, 0.2) is 0 Å². The van der Waals surface area contributed by atoms with Crippen LogP contribution in [0.3, 0.4) is 0 Å². The molecule has 0 N–H and O–H groups in total. The van der Waals surface area contributed by atoms with Gasteiger partial charge in [-0.05, 0) is 112 Å². The Morgan fingerprint density at radius 3 is 2.08 bits per heavy atom. The minimum atomic E-state index is -0.946. The van der Waals surface area contributed by atoms with E-state index >= 15 is 0 Å². The molecule has 2 aliphatic heterocycles. The highest BCUT2D eigenvalue weighted by atomic mass is 16.6. The van der Waals surface area contributed by atoms with Gasteiger partial charge in [-0.2, -0.15) is 0 Å². The van der Waals surface area contributed by atoms with Crippen molar-refractivity contribution >= 4 is 29.8 Å². The van der Waals surface area contributed by atoms with Gasteiger partial charge in [-0.25, -0.2) is 0 Å². The van der Waals surface area contributed by atoms with Gasteiger partial charge in [0, 0.05) is 12.3 Å². The van der Waals surface area contributed by atoms with Crippen molar-refractivity contribution in [2.45, 2.75) is 125 Å². The molecule has 0 spiro atoms. The number of carbonyl (C=O) groups excluding carboxylic acids is 5. The van der Waals surface area contributed by atoms with Crippen LogP contribution in [-0.4, -0.2) is 47.7 Å². The molecule has 9 heteroatoms. The van der Waals surface area contributed by atoms with E-state index < -0.39 is 51.7 Å². The third kappa shape index (κ3) is 5.17. The molecule has 266 valence electrons. The highest BCUT2D eigenvalue weighted by Crippen LogP contribution is 2.67. The Balaban J connectivity index is 1.20. The number of ether oxygens (including phenoxy) is 4. The fraction of sp³-hybridized carbons (Fsp3) is 0.872. The molecule has 6 saturated carbocycles. The summed E-state index contributed by atoms with van der Waals surface area (Å²) in [5.41, 5.74) is -3.32. The van der Waals surface area contributed by atoms with Crippen LogP contribution >= 0.6 is 0 Å². The van der Waals surface area contributed by atoms with Crippen molar-refractivity contribution in [1.29, 1.82) is 0 Å². The summed E-state index contributed by atoms with van der Waals surface area (Å²) in [6.45, 7) is 18.4. The molecule has 0 amide bonds. The summed E-state index contributed by atoms with van der Waals surface area (Å²) in [6, 6.07) is 0. The standard InChI is InChI=1S/C39H56O9/c1-19-23-11-24(25-17-45-32(42)27(23)25)28(19)36(6,7)16-26(37(8,9)29-20(2)30(40)46-33(29)43)31(41)47-39-14-21-10-22(15-39)13-38(12-21,18-39)34(44)48-35(3,4)5/h19-29H,10-18H2,1-9H3. The summed E-state index contributed by atoms with van der Waals surface area (Å²) in [7, 11) is 0. The highest BCUT2D eigenvalue weighted by Gasteiger charge is 2.67. The van der Waals surface area contributed by atoms with Gasteiger partial charge in [0.1, 0.15) is 11.2 Å². The van der Waals surface area contributed by atoms with Crippen molar-refractivity contribution in [3.05, 3.63) is 0 Å². The van der Waals surface area contributed by atoms with E-state index in [1.165, 1.54) is 0 Å². The molecule has 48 heavy (non-hydrogen) atoms. The van der Waals surface area contributed by atoms with Gasteiger partial charge in [0.2, 0.25) is 0 Å². The Labute approximate surface area is 285 Å². The Hall–Kier alpha value is -2.45. The van der Waals surface area contributed by atoms with Gasteiger partial charge in [-0.3, -0.25) is 24.0 Å². The second-order valence-electron chi connectivity index (χ2n) is 19.7. The van der Waals surface area contributed by atoms with Gasteiger partial charge >= 0.3 is 29.8 Å². The Bertz CT molecular complexity index is 1400. The average Bonchev–Trinajstić information content (AvgIpc) is 3.66. The van der Waals surface area contributed by atoms with Crippen molar-refractivity contribution in [1.82, 2.24) is 0 Å². The minimum Gasteiger partial charge on any atom is -0.465 e. The summed E-state index contributed by atoms with van der Waals surface area (Å²) in [5, 5.41) is 0. The molecule has 0 aromatic rings. The lowest BCUT2D eigenvalue weighted by Crippen LogP contribution is -2.61. The maximum Gasteiger partial charge on any atom is 0.318 e. The SMILES string of the molecule is CC1C(=O)OC(=O)C1C(C)(C)C(CC(C)(C)C1C(C)C2CC1C1COC(=O)C21)C(=O)OC12CC3CC(C1)CC(C(=O)OC(C)(C)C)(C3)C2. The Morgan fingerprint density at radius 2 is 1.50 bits per heavy atom. The Kier molecular flexibility index (Phi) is 7.64. The third-order valence-corrected chi connectivity index (χ3v) is 14.5. The molecule has 8 aliphatic rings. The lowest BCUT2D eigenvalue weighted by atomic mass is 9.47.